The zero-order chi connectivity index (χ0) is 15.4. The van der Waals surface area contributed by atoms with Crippen LogP contribution in [0.1, 0.15) is 31.4 Å². The fraction of sp³-hybridized carbons (Fsp3) is 0.467. The Bertz CT molecular complexity index is 537. The number of amides is 1. The molecule has 114 valence electrons. The number of carbonyl (C=O) groups excluding carboxylic acids is 2. The Labute approximate surface area is 127 Å². The first-order valence-corrected chi connectivity index (χ1v) is 7.73. The summed E-state index contributed by atoms with van der Waals surface area (Å²) < 4.78 is 14.0. The van der Waals surface area contributed by atoms with Crippen molar-refractivity contribution < 1.29 is 19.1 Å². The maximum absolute atomic E-state index is 14.0. The number of hydrogen-bond donors (Lipinski definition) is 1. The summed E-state index contributed by atoms with van der Waals surface area (Å²) in [6, 6.07) is 5.80. The van der Waals surface area contributed by atoms with E-state index in [-0.39, 0.29) is 41.5 Å². The first-order chi connectivity index (χ1) is 10.0. The highest BCUT2D eigenvalue weighted by Crippen LogP contribution is 2.34. The van der Waals surface area contributed by atoms with Gasteiger partial charge in [-0.25, -0.2) is 4.39 Å². The lowest BCUT2D eigenvalue weighted by Gasteiger charge is -2.28. The van der Waals surface area contributed by atoms with E-state index in [2.05, 4.69) is 0 Å². The third kappa shape index (κ3) is 3.83. The van der Waals surface area contributed by atoms with Gasteiger partial charge in [0, 0.05) is 37.3 Å². The molecular weight excluding hydrogens is 293 g/mol. The summed E-state index contributed by atoms with van der Waals surface area (Å²) in [5.41, 5.74) is 0.411. The van der Waals surface area contributed by atoms with E-state index in [1.54, 1.807) is 23.1 Å². The van der Waals surface area contributed by atoms with E-state index in [4.69, 9.17) is 0 Å². The molecule has 0 bridgehead atoms. The van der Waals surface area contributed by atoms with Gasteiger partial charge in [0.2, 0.25) is 5.91 Å². The molecule has 1 aromatic carbocycles. The summed E-state index contributed by atoms with van der Waals surface area (Å²) in [5, 5.41) is 9.10. The largest absolute Gasteiger partial charge is 0.396 e. The number of hydrogen-bond acceptors (Lipinski definition) is 4. The Kier molecular flexibility index (Phi) is 5.36. The van der Waals surface area contributed by atoms with Crippen molar-refractivity contribution in [3.63, 3.8) is 0 Å². The second-order valence-corrected chi connectivity index (χ2v) is 6.51. The number of likely N-dealkylation sites (tertiary alicyclic amines) is 1. The van der Waals surface area contributed by atoms with Gasteiger partial charge in [0.15, 0.2) is 5.12 Å². The van der Waals surface area contributed by atoms with Crippen LogP contribution < -0.4 is 0 Å². The SMILES string of the molecule is CC(=O)SC1CC(=O)N(C(CCO)c2ccccc2F)C1. The minimum absolute atomic E-state index is 0.0285. The van der Waals surface area contributed by atoms with Crippen LogP contribution in [0.5, 0.6) is 0 Å². The molecule has 1 fully saturated rings. The van der Waals surface area contributed by atoms with E-state index in [1.165, 1.54) is 13.0 Å². The average Bonchev–Trinajstić information content (AvgIpc) is 2.77. The molecule has 0 spiro atoms. The second kappa shape index (κ2) is 7.04. The quantitative estimate of drug-likeness (QED) is 0.905. The maximum Gasteiger partial charge on any atom is 0.224 e. The average molecular weight is 311 g/mol. The van der Waals surface area contributed by atoms with Crippen molar-refractivity contribution in [2.75, 3.05) is 13.2 Å². The molecule has 21 heavy (non-hydrogen) atoms. The van der Waals surface area contributed by atoms with E-state index in [0.29, 0.717) is 12.1 Å². The van der Waals surface area contributed by atoms with Crippen LogP contribution in [0.25, 0.3) is 0 Å². The van der Waals surface area contributed by atoms with Crippen LogP contribution in [-0.2, 0) is 9.59 Å². The monoisotopic (exact) mass is 311 g/mol. The van der Waals surface area contributed by atoms with Crippen molar-refractivity contribution in [1.29, 1.82) is 0 Å². The Morgan fingerprint density at radius 2 is 2.24 bits per heavy atom. The molecule has 0 radical (unpaired) electrons. The molecule has 2 rings (SSSR count). The summed E-state index contributed by atoms with van der Waals surface area (Å²) in [6.45, 7) is 1.75. The van der Waals surface area contributed by atoms with E-state index in [9.17, 15) is 19.1 Å². The molecule has 0 saturated carbocycles. The standard InChI is InChI=1S/C15H18FNO3S/c1-10(19)21-11-8-15(20)17(9-11)14(6-7-18)12-4-2-3-5-13(12)16/h2-5,11,14,18H,6-9H2,1H3. The van der Waals surface area contributed by atoms with E-state index in [1.807, 2.05) is 0 Å². The predicted octanol–water partition coefficient (Wildman–Crippen LogP) is 2.13. The molecule has 1 aliphatic heterocycles. The number of aliphatic hydroxyl groups excluding tert-OH is 1. The van der Waals surface area contributed by atoms with Gasteiger partial charge in [-0.15, -0.1) is 0 Å². The van der Waals surface area contributed by atoms with Crippen molar-refractivity contribution in [2.24, 2.45) is 0 Å². The number of halogens is 1. The maximum atomic E-state index is 14.0. The number of carbonyl (C=O) groups is 2. The molecule has 6 heteroatoms. The zero-order valence-electron chi connectivity index (χ0n) is 11.8. The Morgan fingerprint density at radius 1 is 1.52 bits per heavy atom. The van der Waals surface area contributed by atoms with Gasteiger partial charge in [-0.05, 0) is 12.5 Å². The van der Waals surface area contributed by atoms with Crippen LogP contribution in [-0.4, -0.2) is 39.4 Å². The summed E-state index contributed by atoms with van der Waals surface area (Å²) in [6.07, 6.45) is 0.560. The van der Waals surface area contributed by atoms with Crippen LogP contribution in [0.4, 0.5) is 4.39 Å². The van der Waals surface area contributed by atoms with Gasteiger partial charge in [0.25, 0.3) is 0 Å². The van der Waals surface area contributed by atoms with Gasteiger partial charge in [0.1, 0.15) is 5.82 Å². The smallest absolute Gasteiger partial charge is 0.224 e. The highest BCUT2D eigenvalue weighted by Gasteiger charge is 2.36. The van der Waals surface area contributed by atoms with Crippen molar-refractivity contribution in [2.45, 2.75) is 31.1 Å². The molecule has 1 N–H and O–H groups in total. The highest BCUT2D eigenvalue weighted by molar-refractivity contribution is 8.14. The third-order valence-corrected chi connectivity index (χ3v) is 4.48. The minimum Gasteiger partial charge on any atom is -0.396 e. The van der Waals surface area contributed by atoms with Gasteiger partial charge in [-0.2, -0.15) is 0 Å². The Balaban J connectivity index is 2.21. The van der Waals surface area contributed by atoms with Crippen LogP contribution in [0.3, 0.4) is 0 Å². The van der Waals surface area contributed by atoms with Gasteiger partial charge < -0.3 is 10.0 Å². The fourth-order valence-electron chi connectivity index (χ4n) is 2.66. The summed E-state index contributed by atoms with van der Waals surface area (Å²) in [5.74, 6) is -0.484. The molecule has 2 atom stereocenters. The first-order valence-electron chi connectivity index (χ1n) is 6.85. The lowest BCUT2D eigenvalue weighted by atomic mass is 10.0. The van der Waals surface area contributed by atoms with Gasteiger partial charge >= 0.3 is 0 Å². The van der Waals surface area contributed by atoms with Crippen LogP contribution in [0.15, 0.2) is 24.3 Å². The molecule has 0 aromatic heterocycles. The predicted molar refractivity (Wildman–Crippen MR) is 79.2 cm³/mol. The number of nitrogens with zero attached hydrogens (tertiary/aromatic N) is 1. The molecule has 1 heterocycles. The fourth-order valence-corrected chi connectivity index (χ4v) is 3.59. The summed E-state index contributed by atoms with van der Waals surface area (Å²) in [4.78, 5) is 24.9. The lowest BCUT2D eigenvalue weighted by molar-refractivity contribution is -0.130. The van der Waals surface area contributed by atoms with Gasteiger partial charge in [-0.3, -0.25) is 9.59 Å². The van der Waals surface area contributed by atoms with E-state index < -0.39 is 6.04 Å². The third-order valence-electron chi connectivity index (χ3n) is 3.50. The molecule has 1 aliphatic rings. The van der Waals surface area contributed by atoms with Crippen LogP contribution >= 0.6 is 11.8 Å². The molecule has 1 amide bonds. The normalized spacial score (nSPS) is 19.9. The Hall–Kier alpha value is -1.40. The molecule has 2 unspecified atom stereocenters. The van der Waals surface area contributed by atoms with E-state index in [0.717, 1.165) is 11.8 Å². The number of thioether (sulfide) groups is 1. The second-order valence-electron chi connectivity index (χ2n) is 5.03. The van der Waals surface area contributed by atoms with Crippen molar-refractivity contribution >= 4 is 22.8 Å². The van der Waals surface area contributed by atoms with Gasteiger partial charge in [0.05, 0.1) is 6.04 Å². The van der Waals surface area contributed by atoms with Gasteiger partial charge in [-0.1, -0.05) is 30.0 Å². The Morgan fingerprint density at radius 3 is 2.86 bits per heavy atom. The summed E-state index contributed by atoms with van der Waals surface area (Å²) in [7, 11) is 0. The molecule has 0 aliphatic carbocycles. The van der Waals surface area contributed by atoms with Crippen LogP contribution in [0.2, 0.25) is 0 Å². The number of benzene rings is 1. The molecule has 4 nitrogen and oxygen atoms in total. The lowest BCUT2D eigenvalue weighted by Crippen LogP contribution is -2.32. The molecule has 1 aromatic rings. The minimum atomic E-state index is -0.485. The first kappa shape index (κ1) is 16.0. The number of aliphatic hydroxyl groups is 1. The molecular formula is C15H18FNO3S. The van der Waals surface area contributed by atoms with Crippen molar-refractivity contribution in [3.05, 3.63) is 35.6 Å². The van der Waals surface area contributed by atoms with E-state index >= 15 is 0 Å². The zero-order valence-corrected chi connectivity index (χ0v) is 12.6. The van der Waals surface area contributed by atoms with Crippen molar-refractivity contribution in [1.82, 2.24) is 4.90 Å². The topological polar surface area (TPSA) is 57.6 Å². The summed E-state index contributed by atoms with van der Waals surface area (Å²) >= 11 is 1.15. The number of rotatable bonds is 5. The van der Waals surface area contributed by atoms with Crippen LogP contribution in [0, 0.1) is 5.82 Å². The molecule has 1 saturated heterocycles. The highest BCUT2D eigenvalue weighted by atomic mass is 32.2. The van der Waals surface area contributed by atoms with Crippen molar-refractivity contribution in [3.8, 4) is 0 Å².